The lowest BCUT2D eigenvalue weighted by atomic mass is 10.2. The molecule has 0 spiro atoms. The third-order valence-electron chi connectivity index (χ3n) is 4.72. The summed E-state index contributed by atoms with van der Waals surface area (Å²) in [5.74, 6) is 0.394. The Morgan fingerprint density at radius 2 is 1.90 bits per heavy atom. The van der Waals surface area contributed by atoms with Gasteiger partial charge < -0.3 is 19.2 Å². The van der Waals surface area contributed by atoms with Gasteiger partial charge in [-0.1, -0.05) is 11.6 Å². The zero-order valence-electron chi connectivity index (χ0n) is 16.2. The van der Waals surface area contributed by atoms with E-state index in [4.69, 9.17) is 25.5 Å². The molecule has 1 amide bonds. The van der Waals surface area contributed by atoms with Gasteiger partial charge >= 0.3 is 0 Å². The summed E-state index contributed by atoms with van der Waals surface area (Å²) in [6.45, 7) is -0.288. The summed E-state index contributed by atoms with van der Waals surface area (Å²) >= 11 is 5.84. The van der Waals surface area contributed by atoms with Crippen LogP contribution in [0, 0.1) is 0 Å². The number of halogens is 1. The highest BCUT2D eigenvalue weighted by Gasteiger charge is 2.28. The molecular weight excluding hydrogens is 446 g/mol. The molecule has 1 N–H and O–H groups in total. The lowest BCUT2D eigenvalue weighted by Crippen LogP contribution is -2.38. The molecule has 8 nitrogen and oxygen atoms in total. The Labute approximate surface area is 182 Å². The Kier molecular flexibility index (Phi) is 5.88. The molecule has 1 aliphatic rings. The summed E-state index contributed by atoms with van der Waals surface area (Å²) in [5.41, 5.74) is -0.0869. The summed E-state index contributed by atoms with van der Waals surface area (Å²) < 4.78 is 39.4. The number of hydrogen-bond donors (Lipinski definition) is 1. The number of carbonyl (C=O) groups is 1. The Balaban J connectivity index is 1.42. The number of benzene rings is 2. The molecule has 0 aliphatic carbocycles. The second kappa shape index (κ2) is 8.60. The average molecular weight is 464 g/mol. The highest BCUT2D eigenvalue weighted by molar-refractivity contribution is 7.91. The lowest BCUT2D eigenvalue weighted by molar-refractivity contribution is -0.123. The molecule has 1 atom stereocenters. The molecule has 1 aromatic heterocycles. The quantitative estimate of drug-likeness (QED) is 0.598. The molecule has 1 fully saturated rings. The Morgan fingerprint density at radius 1 is 1.16 bits per heavy atom. The largest absolute Gasteiger partial charge is 0.484 e. The van der Waals surface area contributed by atoms with Crippen LogP contribution in [0.5, 0.6) is 17.2 Å². The van der Waals surface area contributed by atoms with Crippen molar-refractivity contribution in [1.29, 1.82) is 0 Å². The van der Waals surface area contributed by atoms with Crippen LogP contribution >= 0.6 is 11.6 Å². The maximum atomic E-state index is 12.7. The molecule has 2 aromatic carbocycles. The van der Waals surface area contributed by atoms with Gasteiger partial charge in [0.1, 0.15) is 23.3 Å². The molecule has 0 bridgehead atoms. The number of carbonyl (C=O) groups excluding carboxylic acids is 1. The van der Waals surface area contributed by atoms with E-state index in [0.29, 0.717) is 28.3 Å². The van der Waals surface area contributed by atoms with E-state index in [1.165, 1.54) is 18.4 Å². The Hall–Kier alpha value is -3.04. The Bertz CT molecular complexity index is 1290. The molecule has 0 saturated carbocycles. The van der Waals surface area contributed by atoms with Crippen molar-refractivity contribution in [3.8, 4) is 17.2 Å². The van der Waals surface area contributed by atoms with Crippen molar-refractivity contribution in [3.05, 3.63) is 64.0 Å². The zero-order valence-corrected chi connectivity index (χ0v) is 17.7. The van der Waals surface area contributed by atoms with Crippen LogP contribution in [0.2, 0.25) is 5.02 Å². The predicted molar refractivity (Wildman–Crippen MR) is 115 cm³/mol. The third kappa shape index (κ3) is 5.18. The first-order valence-corrected chi connectivity index (χ1v) is 11.6. The van der Waals surface area contributed by atoms with Crippen LogP contribution in [0.3, 0.4) is 0 Å². The van der Waals surface area contributed by atoms with Crippen LogP contribution < -0.4 is 20.2 Å². The van der Waals surface area contributed by atoms with Gasteiger partial charge in [0.05, 0.1) is 16.9 Å². The van der Waals surface area contributed by atoms with Gasteiger partial charge in [-0.25, -0.2) is 8.42 Å². The Morgan fingerprint density at radius 3 is 2.61 bits per heavy atom. The van der Waals surface area contributed by atoms with Crippen molar-refractivity contribution in [2.75, 3.05) is 18.1 Å². The maximum absolute atomic E-state index is 12.7. The predicted octanol–water partition coefficient (Wildman–Crippen LogP) is 2.92. The smallest absolute Gasteiger partial charge is 0.258 e. The van der Waals surface area contributed by atoms with Crippen molar-refractivity contribution < 1.29 is 27.1 Å². The second-order valence-electron chi connectivity index (χ2n) is 7.10. The zero-order chi connectivity index (χ0) is 22.0. The minimum absolute atomic E-state index is 0.0226. The van der Waals surface area contributed by atoms with Crippen LogP contribution in [0.1, 0.15) is 6.42 Å². The molecule has 10 heteroatoms. The summed E-state index contributed by atoms with van der Waals surface area (Å²) in [6, 6.07) is 10.7. The number of fused-ring (bicyclic) bond motifs is 1. The van der Waals surface area contributed by atoms with Crippen molar-refractivity contribution in [1.82, 2.24) is 5.32 Å². The average Bonchev–Trinajstić information content (AvgIpc) is 3.08. The van der Waals surface area contributed by atoms with Crippen LogP contribution in [-0.2, 0) is 14.6 Å². The number of nitrogens with one attached hydrogen (secondary N) is 1. The summed E-state index contributed by atoms with van der Waals surface area (Å²) in [4.78, 5) is 24.7. The molecule has 1 aliphatic heterocycles. The van der Waals surface area contributed by atoms with Crippen LogP contribution in [0.4, 0.5) is 0 Å². The van der Waals surface area contributed by atoms with Gasteiger partial charge in [-0.15, -0.1) is 0 Å². The van der Waals surface area contributed by atoms with E-state index in [1.807, 2.05) is 0 Å². The van der Waals surface area contributed by atoms with Gasteiger partial charge in [0.15, 0.2) is 16.4 Å². The van der Waals surface area contributed by atoms with E-state index in [1.54, 1.807) is 30.3 Å². The molecule has 1 unspecified atom stereocenters. The van der Waals surface area contributed by atoms with E-state index in [-0.39, 0.29) is 34.9 Å². The summed E-state index contributed by atoms with van der Waals surface area (Å²) in [6.07, 6.45) is 1.60. The molecule has 4 rings (SSSR count). The first-order valence-electron chi connectivity index (χ1n) is 9.41. The standard InChI is InChI=1S/C21H18ClNO7S/c22-13-1-3-15(4-2-13)30-19-10-29-18-9-16(5-6-17(18)21(19)25)28-11-20(24)23-14-7-8-31(26,27)12-14/h1-6,9-10,14H,7-8,11-12H2,(H,23,24). The van der Waals surface area contributed by atoms with E-state index in [2.05, 4.69) is 5.32 Å². The minimum Gasteiger partial charge on any atom is -0.484 e. The van der Waals surface area contributed by atoms with Gasteiger partial charge in [-0.05, 0) is 42.8 Å². The van der Waals surface area contributed by atoms with Gasteiger partial charge in [-0.2, -0.15) is 0 Å². The lowest BCUT2D eigenvalue weighted by Gasteiger charge is -2.12. The fourth-order valence-corrected chi connectivity index (χ4v) is 5.01. The van der Waals surface area contributed by atoms with Gasteiger partial charge in [0.25, 0.3) is 5.91 Å². The first kappa shape index (κ1) is 21.2. The molecule has 3 aromatic rings. The topological polar surface area (TPSA) is 112 Å². The van der Waals surface area contributed by atoms with Crippen LogP contribution in [0.15, 0.2) is 57.9 Å². The molecule has 0 radical (unpaired) electrons. The molecular formula is C21H18ClNO7S. The molecule has 1 saturated heterocycles. The number of ether oxygens (including phenoxy) is 2. The van der Waals surface area contributed by atoms with Crippen molar-refractivity contribution in [2.45, 2.75) is 12.5 Å². The fourth-order valence-electron chi connectivity index (χ4n) is 3.21. The number of amides is 1. The summed E-state index contributed by atoms with van der Waals surface area (Å²) in [5, 5.41) is 3.48. The minimum atomic E-state index is -3.08. The van der Waals surface area contributed by atoms with Crippen LogP contribution in [-0.4, -0.2) is 38.5 Å². The van der Waals surface area contributed by atoms with Crippen LogP contribution in [0.25, 0.3) is 11.0 Å². The monoisotopic (exact) mass is 463 g/mol. The number of hydrogen-bond acceptors (Lipinski definition) is 7. The van der Waals surface area contributed by atoms with Crippen molar-refractivity contribution >= 4 is 38.3 Å². The van der Waals surface area contributed by atoms with Crippen molar-refractivity contribution in [2.24, 2.45) is 0 Å². The molecule has 31 heavy (non-hydrogen) atoms. The normalized spacial score (nSPS) is 17.4. The van der Waals surface area contributed by atoms with Gasteiger partial charge in [0.2, 0.25) is 11.2 Å². The van der Waals surface area contributed by atoms with E-state index < -0.39 is 21.8 Å². The fraction of sp³-hybridized carbons (Fsp3) is 0.238. The third-order valence-corrected chi connectivity index (χ3v) is 6.74. The number of sulfone groups is 1. The first-order chi connectivity index (χ1) is 14.8. The number of rotatable bonds is 6. The highest BCUT2D eigenvalue weighted by atomic mass is 35.5. The van der Waals surface area contributed by atoms with Gasteiger partial charge in [-0.3, -0.25) is 9.59 Å². The summed E-state index contributed by atoms with van der Waals surface area (Å²) in [7, 11) is -3.08. The van der Waals surface area contributed by atoms with Gasteiger partial charge in [0, 0.05) is 17.1 Å². The second-order valence-corrected chi connectivity index (χ2v) is 9.76. The maximum Gasteiger partial charge on any atom is 0.258 e. The van der Waals surface area contributed by atoms with E-state index in [9.17, 15) is 18.0 Å². The SMILES string of the molecule is O=C(COc1ccc2c(=O)c(Oc3ccc(Cl)cc3)coc2c1)NC1CCS(=O)(=O)C1. The van der Waals surface area contributed by atoms with E-state index >= 15 is 0 Å². The van der Waals surface area contributed by atoms with E-state index in [0.717, 1.165) is 0 Å². The molecule has 162 valence electrons. The van der Waals surface area contributed by atoms with Crippen molar-refractivity contribution in [3.63, 3.8) is 0 Å². The molecule has 2 heterocycles. The highest BCUT2D eigenvalue weighted by Crippen LogP contribution is 2.25.